The second-order valence-electron chi connectivity index (χ2n) is 6.58. The van der Waals surface area contributed by atoms with Gasteiger partial charge in [0, 0.05) is 18.7 Å². The molecule has 2 atom stereocenters. The summed E-state index contributed by atoms with van der Waals surface area (Å²) in [5.74, 6) is 1.56. The maximum Gasteiger partial charge on any atom is 0.244 e. The van der Waals surface area contributed by atoms with Gasteiger partial charge in [0.15, 0.2) is 0 Å². The first-order chi connectivity index (χ1) is 11.6. The van der Waals surface area contributed by atoms with Crippen molar-refractivity contribution >= 4 is 5.69 Å². The smallest absolute Gasteiger partial charge is 0.244 e. The van der Waals surface area contributed by atoms with Gasteiger partial charge >= 0.3 is 0 Å². The first kappa shape index (κ1) is 15.5. The third-order valence-electron chi connectivity index (χ3n) is 4.62. The van der Waals surface area contributed by atoms with Crippen LogP contribution in [0.5, 0.6) is 0 Å². The molecule has 2 aliphatic rings. The SMILES string of the molecule is [O-]N(O)c1cccc(-c2noc(C3CC(O)CN3CC3CC3)n2)c1. The standard InChI is InChI=1S/C16H19N4O4/c21-13-7-14(19(9-13)8-10-4-5-10)16-17-15(18-24-16)11-2-1-3-12(6-11)20(22)23/h1-3,6,10,13-14,21-22H,4-5,7-9H2/q-1. The van der Waals surface area contributed by atoms with Crippen molar-refractivity contribution in [1.29, 1.82) is 0 Å². The average molecular weight is 331 g/mol. The van der Waals surface area contributed by atoms with E-state index in [1.54, 1.807) is 12.1 Å². The van der Waals surface area contributed by atoms with Crippen LogP contribution in [0, 0.1) is 11.1 Å². The highest BCUT2D eigenvalue weighted by Gasteiger charge is 2.38. The number of likely N-dealkylation sites (tertiary alicyclic amines) is 1. The fraction of sp³-hybridized carbons (Fsp3) is 0.500. The molecule has 2 N–H and O–H groups in total. The predicted octanol–water partition coefficient (Wildman–Crippen LogP) is 1.95. The van der Waals surface area contributed by atoms with Crippen LogP contribution in [0.4, 0.5) is 5.69 Å². The lowest BCUT2D eigenvalue weighted by molar-refractivity contribution is 0.170. The summed E-state index contributed by atoms with van der Waals surface area (Å²) in [5, 5.41) is 33.8. The fourth-order valence-corrected chi connectivity index (χ4v) is 3.22. The van der Waals surface area contributed by atoms with E-state index in [2.05, 4.69) is 15.0 Å². The van der Waals surface area contributed by atoms with Crippen LogP contribution >= 0.6 is 0 Å². The molecule has 4 rings (SSSR count). The van der Waals surface area contributed by atoms with Crippen molar-refractivity contribution in [2.24, 2.45) is 5.92 Å². The monoisotopic (exact) mass is 331 g/mol. The Bertz CT molecular complexity index is 716. The third kappa shape index (κ3) is 3.13. The zero-order valence-electron chi connectivity index (χ0n) is 13.1. The van der Waals surface area contributed by atoms with Crippen LogP contribution in [0.3, 0.4) is 0 Å². The molecule has 1 aliphatic carbocycles. The summed E-state index contributed by atoms with van der Waals surface area (Å²) in [6, 6.07) is 6.29. The number of β-amino-alcohol motifs (C(OH)–C–C–N with tert-alkyl or cyclic N) is 1. The summed E-state index contributed by atoms with van der Waals surface area (Å²) in [6.45, 7) is 1.58. The number of rotatable bonds is 5. The van der Waals surface area contributed by atoms with Gasteiger partial charge in [-0.25, -0.2) is 0 Å². The highest BCUT2D eigenvalue weighted by molar-refractivity contribution is 5.62. The van der Waals surface area contributed by atoms with Crippen molar-refractivity contribution < 1.29 is 14.8 Å². The molecule has 1 aromatic heterocycles. The molecule has 1 aromatic carbocycles. The molecule has 2 heterocycles. The van der Waals surface area contributed by atoms with E-state index in [1.807, 2.05) is 0 Å². The van der Waals surface area contributed by atoms with E-state index >= 15 is 0 Å². The van der Waals surface area contributed by atoms with E-state index in [1.165, 1.54) is 25.0 Å². The molecule has 0 radical (unpaired) electrons. The van der Waals surface area contributed by atoms with E-state index in [4.69, 9.17) is 9.73 Å². The lowest BCUT2D eigenvalue weighted by Gasteiger charge is -2.21. The molecular weight excluding hydrogens is 312 g/mol. The van der Waals surface area contributed by atoms with Gasteiger partial charge in [-0.3, -0.25) is 10.1 Å². The number of hydrogen-bond acceptors (Lipinski definition) is 8. The minimum absolute atomic E-state index is 0.0705. The van der Waals surface area contributed by atoms with Gasteiger partial charge in [0.05, 0.1) is 17.8 Å². The first-order valence-electron chi connectivity index (χ1n) is 8.12. The van der Waals surface area contributed by atoms with Crippen LogP contribution in [-0.2, 0) is 0 Å². The molecule has 8 heteroatoms. The molecule has 1 saturated carbocycles. The van der Waals surface area contributed by atoms with Crippen molar-refractivity contribution in [3.63, 3.8) is 0 Å². The second-order valence-corrected chi connectivity index (χ2v) is 6.58. The van der Waals surface area contributed by atoms with Crippen molar-refractivity contribution in [1.82, 2.24) is 15.0 Å². The van der Waals surface area contributed by atoms with Crippen LogP contribution in [0.1, 0.15) is 31.2 Å². The van der Waals surface area contributed by atoms with E-state index in [-0.39, 0.29) is 23.1 Å². The first-order valence-corrected chi connectivity index (χ1v) is 8.12. The van der Waals surface area contributed by atoms with E-state index in [0.717, 1.165) is 6.54 Å². The van der Waals surface area contributed by atoms with Gasteiger partial charge in [0.2, 0.25) is 11.7 Å². The summed E-state index contributed by atoms with van der Waals surface area (Å²) >= 11 is 0. The Morgan fingerprint density at radius 1 is 1.38 bits per heavy atom. The summed E-state index contributed by atoms with van der Waals surface area (Å²) < 4.78 is 5.42. The molecule has 8 nitrogen and oxygen atoms in total. The molecule has 1 aliphatic heterocycles. The van der Waals surface area contributed by atoms with Gasteiger partial charge < -0.3 is 20.1 Å². The maximum atomic E-state index is 11.0. The second kappa shape index (κ2) is 6.14. The van der Waals surface area contributed by atoms with Gasteiger partial charge in [0.25, 0.3) is 0 Å². The van der Waals surface area contributed by atoms with Gasteiger partial charge in [-0.1, -0.05) is 17.3 Å². The zero-order valence-corrected chi connectivity index (χ0v) is 13.1. The lowest BCUT2D eigenvalue weighted by atomic mass is 10.2. The lowest BCUT2D eigenvalue weighted by Crippen LogP contribution is -2.27. The molecule has 128 valence electrons. The highest BCUT2D eigenvalue weighted by Crippen LogP contribution is 2.37. The number of benzene rings is 1. The Balaban J connectivity index is 1.56. The predicted molar refractivity (Wildman–Crippen MR) is 85.0 cm³/mol. The third-order valence-corrected chi connectivity index (χ3v) is 4.62. The normalized spacial score (nSPS) is 24.5. The van der Waals surface area contributed by atoms with Crippen molar-refractivity contribution in [2.75, 3.05) is 18.3 Å². The largest absolute Gasteiger partial charge is 0.733 e. The topological polar surface area (TPSA) is 109 Å². The Morgan fingerprint density at radius 2 is 2.21 bits per heavy atom. The average Bonchev–Trinajstić information content (AvgIpc) is 3.11. The van der Waals surface area contributed by atoms with E-state index in [0.29, 0.717) is 36.2 Å². The van der Waals surface area contributed by atoms with Crippen molar-refractivity contribution in [2.45, 2.75) is 31.4 Å². The molecule has 24 heavy (non-hydrogen) atoms. The Morgan fingerprint density at radius 3 is 2.96 bits per heavy atom. The highest BCUT2D eigenvalue weighted by atomic mass is 16.8. The molecule has 1 saturated heterocycles. The summed E-state index contributed by atoms with van der Waals surface area (Å²) in [7, 11) is 0. The molecule has 0 spiro atoms. The Kier molecular flexibility index (Phi) is 3.97. The molecule has 0 bridgehead atoms. The van der Waals surface area contributed by atoms with Gasteiger partial charge in [0.1, 0.15) is 0 Å². The minimum atomic E-state index is -0.379. The van der Waals surface area contributed by atoms with Crippen LogP contribution in [0.15, 0.2) is 28.8 Å². The quantitative estimate of drug-likeness (QED) is 0.800. The van der Waals surface area contributed by atoms with Crippen LogP contribution in [0.2, 0.25) is 0 Å². The van der Waals surface area contributed by atoms with Crippen molar-refractivity contribution in [3.8, 4) is 11.4 Å². The van der Waals surface area contributed by atoms with Gasteiger partial charge in [-0.05, 0) is 37.3 Å². The van der Waals surface area contributed by atoms with E-state index in [9.17, 15) is 10.3 Å². The number of aliphatic hydroxyl groups is 1. The van der Waals surface area contributed by atoms with Gasteiger partial charge in [-0.15, -0.1) is 0 Å². The Labute approximate surface area is 138 Å². The summed E-state index contributed by atoms with van der Waals surface area (Å²) in [4.78, 5) is 6.65. The number of hydrogen-bond donors (Lipinski definition) is 2. The maximum absolute atomic E-state index is 11.0. The molecule has 2 fully saturated rings. The molecule has 2 aromatic rings. The number of aromatic nitrogens is 2. The molecule has 0 amide bonds. The van der Waals surface area contributed by atoms with Crippen LogP contribution in [-0.4, -0.2) is 44.5 Å². The fourth-order valence-electron chi connectivity index (χ4n) is 3.22. The van der Waals surface area contributed by atoms with Crippen LogP contribution in [0.25, 0.3) is 11.4 Å². The van der Waals surface area contributed by atoms with E-state index < -0.39 is 0 Å². The zero-order chi connectivity index (χ0) is 16.7. The summed E-state index contributed by atoms with van der Waals surface area (Å²) in [5.41, 5.74) is 0.690. The number of anilines is 1. The molecular formula is C16H19N4O4-. The van der Waals surface area contributed by atoms with Crippen molar-refractivity contribution in [3.05, 3.63) is 35.4 Å². The number of nitrogens with zero attached hydrogens (tertiary/aromatic N) is 4. The summed E-state index contributed by atoms with van der Waals surface area (Å²) in [6.07, 6.45) is 2.69. The van der Waals surface area contributed by atoms with Gasteiger partial charge in [-0.2, -0.15) is 4.98 Å². The number of aliphatic hydroxyl groups excluding tert-OH is 1. The van der Waals surface area contributed by atoms with Crippen LogP contribution < -0.4 is 5.23 Å². The molecule has 2 unspecified atom stereocenters. The minimum Gasteiger partial charge on any atom is -0.733 e. The Hall–Kier alpha value is -2.00.